The van der Waals surface area contributed by atoms with Gasteiger partial charge in [-0.2, -0.15) is 0 Å². The molecule has 3 nitrogen and oxygen atoms in total. The molecule has 0 fully saturated rings. The van der Waals surface area contributed by atoms with Crippen molar-refractivity contribution in [2.75, 3.05) is 0 Å². The number of carbonyl (C=O) groups is 1. The molecule has 0 aliphatic heterocycles. The number of aryl methyl sites for hydroxylation is 1. The van der Waals surface area contributed by atoms with Gasteiger partial charge in [-0.3, -0.25) is 9.78 Å². The van der Waals surface area contributed by atoms with Crippen LogP contribution in [0, 0.1) is 0 Å². The van der Waals surface area contributed by atoms with E-state index in [9.17, 15) is 4.79 Å². The van der Waals surface area contributed by atoms with Crippen LogP contribution in [0.15, 0.2) is 54.7 Å². The third-order valence-electron chi connectivity index (χ3n) is 3.01. The molecule has 1 N–H and O–H groups in total. The van der Waals surface area contributed by atoms with E-state index >= 15 is 0 Å². The van der Waals surface area contributed by atoms with E-state index < -0.39 is 0 Å². The predicted octanol–water partition coefficient (Wildman–Crippen LogP) is 2.89. The second kappa shape index (κ2) is 6.69. The molecule has 1 aromatic heterocycles. The second-order valence-corrected chi connectivity index (χ2v) is 4.52. The third-order valence-corrected chi connectivity index (χ3v) is 3.01. The van der Waals surface area contributed by atoms with E-state index in [0.29, 0.717) is 12.8 Å². The summed E-state index contributed by atoms with van der Waals surface area (Å²) in [5.74, 6) is 0.0574. The fourth-order valence-electron chi connectivity index (χ4n) is 1.93. The SMILES string of the molecule is CC(NC(=O)CCc1ccccn1)c1ccccc1. The van der Waals surface area contributed by atoms with Crippen molar-refractivity contribution in [1.82, 2.24) is 10.3 Å². The van der Waals surface area contributed by atoms with Gasteiger partial charge in [0.15, 0.2) is 0 Å². The maximum Gasteiger partial charge on any atom is 0.220 e. The Kier molecular flexibility index (Phi) is 4.67. The molecule has 2 rings (SSSR count). The first-order chi connectivity index (χ1) is 9.25. The van der Waals surface area contributed by atoms with Gasteiger partial charge in [-0.05, 0) is 31.0 Å². The second-order valence-electron chi connectivity index (χ2n) is 4.52. The molecule has 0 spiro atoms. The molecule has 3 heteroatoms. The molecule has 1 heterocycles. The van der Waals surface area contributed by atoms with Crippen LogP contribution < -0.4 is 5.32 Å². The lowest BCUT2D eigenvalue weighted by atomic mass is 10.1. The van der Waals surface area contributed by atoms with Crippen LogP contribution in [0.4, 0.5) is 0 Å². The van der Waals surface area contributed by atoms with Crippen LogP contribution in [0.1, 0.15) is 30.6 Å². The van der Waals surface area contributed by atoms with Gasteiger partial charge in [-0.1, -0.05) is 36.4 Å². The number of aromatic nitrogens is 1. The molecule has 0 saturated heterocycles. The fraction of sp³-hybridized carbons (Fsp3) is 0.250. The summed E-state index contributed by atoms with van der Waals surface area (Å²) >= 11 is 0. The van der Waals surface area contributed by atoms with Gasteiger partial charge in [0.25, 0.3) is 0 Å². The van der Waals surface area contributed by atoms with Crippen LogP contribution in [-0.2, 0) is 11.2 Å². The minimum absolute atomic E-state index is 0.0393. The minimum Gasteiger partial charge on any atom is -0.350 e. The van der Waals surface area contributed by atoms with Gasteiger partial charge in [0.2, 0.25) is 5.91 Å². The van der Waals surface area contributed by atoms with Crippen LogP contribution in [0.3, 0.4) is 0 Å². The largest absolute Gasteiger partial charge is 0.350 e. The topological polar surface area (TPSA) is 42.0 Å². The summed E-state index contributed by atoms with van der Waals surface area (Å²) in [6, 6.07) is 15.8. The first-order valence-corrected chi connectivity index (χ1v) is 6.50. The van der Waals surface area contributed by atoms with Gasteiger partial charge in [-0.25, -0.2) is 0 Å². The third kappa shape index (κ3) is 4.21. The van der Waals surface area contributed by atoms with Crippen molar-refractivity contribution in [2.24, 2.45) is 0 Å². The first kappa shape index (κ1) is 13.3. The molecule has 0 bridgehead atoms. The van der Waals surface area contributed by atoms with Gasteiger partial charge in [0.1, 0.15) is 0 Å². The predicted molar refractivity (Wildman–Crippen MR) is 75.6 cm³/mol. The number of nitrogens with one attached hydrogen (secondary N) is 1. The normalized spacial score (nSPS) is 11.8. The van der Waals surface area contributed by atoms with E-state index in [-0.39, 0.29) is 11.9 Å². The van der Waals surface area contributed by atoms with E-state index in [1.54, 1.807) is 6.20 Å². The zero-order valence-corrected chi connectivity index (χ0v) is 11.0. The molecule has 1 aromatic carbocycles. The Hall–Kier alpha value is -2.16. The van der Waals surface area contributed by atoms with E-state index in [1.807, 2.05) is 55.5 Å². The number of hydrogen-bond acceptors (Lipinski definition) is 2. The molecule has 0 saturated carbocycles. The summed E-state index contributed by atoms with van der Waals surface area (Å²) in [5.41, 5.74) is 2.07. The van der Waals surface area contributed by atoms with E-state index in [4.69, 9.17) is 0 Å². The summed E-state index contributed by atoms with van der Waals surface area (Å²) in [7, 11) is 0. The zero-order chi connectivity index (χ0) is 13.5. The maximum absolute atomic E-state index is 11.9. The van der Waals surface area contributed by atoms with Crippen molar-refractivity contribution in [3.05, 3.63) is 66.0 Å². The summed E-state index contributed by atoms with van der Waals surface area (Å²) in [6.07, 6.45) is 2.89. The monoisotopic (exact) mass is 254 g/mol. The average molecular weight is 254 g/mol. The van der Waals surface area contributed by atoms with Crippen LogP contribution in [0.2, 0.25) is 0 Å². The lowest BCUT2D eigenvalue weighted by Gasteiger charge is -2.14. The van der Waals surface area contributed by atoms with Crippen LogP contribution >= 0.6 is 0 Å². The fourth-order valence-corrected chi connectivity index (χ4v) is 1.93. The molecule has 98 valence electrons. The van der Waals surface area contributed by atoms with Crippen molar-refractivity contribution in [3.8, 4) is 0 Å². The van der Waals surface area contributed by atoms with Crippen LogP contribution in [0.25, 0.3) is 0 Å². The number of amides is 1. The molecule has 1 atom stereocenters. The lowest BCUT2D eigenvalue weighted by Crippen LogP contribution is -2.26. The Labute approximate surface area is 113 Å². The molecule has 2 aromatic rings. The quantitative estimate of drug-likeness (QED) is 0.891. The zero-order valence-electron chi connectivity index (χ0n) is 11.0. The number of carbonyl (C=O) groups excluding carboxylic acids is 1. The number of hydrogen-bond donors (Lipinski definition) is 1. The number of nitrogens with zero attached hydrogens (tertiary/aromatic N) is 1. The Morgan fingerprint density at radius 3 is 2.58 bits per heavy atom. The molecule has 1 amide bonds. The minimum atomic E-state index is 0.0393. The van der Waals surface area contributed by atoms with Crippen molar-refractivity contribution in [2.45, 2.75) is 25.8 Å². The summed E-state index contributed by atoms with van der Waals surface area (Å²) in [6.45, 7) is 1.99. The van der Waals surface area contributed by atoms with Crippen molar-refractivity contribution in [1.29, 1.82) is 0 Å². The van der Waals surface area contributed by atoms with E-state index in [1.165, 1.54) is 0 Å². The summed E-state index contributed by atoms with van der Waals surface area (Å²) in [5, 5.41) is 3.00. The molecular formula is C16H18N2O. The standard InChI is InChI=1S/C16H18N2O/c1-13(14-7-3-2-4-8-14)18-16(19)11-10-15-9-5-6-12-17-15/h2-9,12-13H,10-11H2,1H3,(H,18,19). The average Bonchev–Trinajstić information content (AvgIpc) is 2.47. The Morgan fingerprint density at radius 1 is 1.16 bits per heavy atom. The smallest absolute Gasteiger partial charge is 0.220 e. The molecule has 0 aliphatic carbocycles. The highest BCUT2D eigenvalue weighted by molar-refractivity contribution is 5.76. The lowest BCUT2D eigenvalue weighted by molar-refractivity contribution is -0.121. The first-order valence-electron chi connectivity index (χ1n) is 6.50. The van der Waals surface area contributed by atoms with E-state index in [2.05, 4.69) is 10.3 Å². The number of rotatable bonds is 5. The number of pyridine rings is 1. The maximum atomic E-state index is 11.9. The number of benzene rings is 1. The van der Waals surface area contributed by atoms with Crippen LogP contribution in [0.5, 0.6) is 0 Å². The van der Waals surface area contributed by atoms with Gasteiger partial charge in [-0.15, -0.1) is 0 Å². The summed E-state index contributed by atoms with van der Waals surface area (Å²) < 4.78 is 0. The highest BCUT2D eigenvalue weighted by Gasteiger charge is 2.09. The molecule has 19 heavy (non-hydrogen) atoms. The highest BCUT2D eigenvalue weighted by Crippen LogP contribution is 2.11. The Balaban J connectivity index is 1.82. The molecule has 1 unspecified atom stereocenters. The van der Waals surface area contributed by atoms with E-state index in [0.717, 1.165) is 11.3 Å². The van der Waals surface area contributed by atoms with Gasteiger partial charge in [0, 0.05) is 18.3 Å². The van der Waals surface area contributed by atoms with Crippen molar-refractivity contribution in [3.63, 3.8) is 0 Å². The Morgan fingerprint density at radius 2 is 1.89 bits per heavy atom. The van der Waals surface area contributed by atoms with Gasteiger partial charge >= 0.3 is 0 Å². The van der Waals surface area contributed by atoms with Crippen molar-refractivity contribution >= 4 is 5.91 Å². The highest BCUT2D eigenvalue weighted by atomic mass is 16.1. The Bertz CT molecular complexity index is 511. The molecule has 0 aliphatic rings. The molecule has 0 radical (unpaired) electrons. The molecular weight excluding hydrogens is 236 g/mol. The summed E-state index contributed by atoms with van der Waals surface area (Å²) in [4.78, 5) is 16.1. The van der Waals surface area contributed by atoms with Gasteiger partial charge in [0.05, 0.1) is 6.04 Å². The van der Waals surface area contributed by atoms with Gasteiger partial charge < -0.3 is 5.32 Å². The van der Waals surface area contributed by atoms with Crippen LogP contribution in [-0.4, -0.2) is 10.9 Å². The van der Waals surface area contributed by atoms with Crippen molar-refractivity contribution < 1.29 is 4.79 Å².